The van der Waals surface area contributed by atoms with Gasteiger partial charge in [0.1, 0.15) is 0 Å². The molecular weight excluding hydrogens is 198 g/mol. The summed E-state index contributed by atoms with van der Waals surface area (Å²) in [5.74, 6) is 0. The summed E-state index contributed by atoms with van der Waals surface area (Å²) >= 11 is 0. The molecule has 0 saturated heterocycles. The summed E-state index contributed by atoms with van der Waals surface area (Å²) in [6.07, 6.45) is 0. The second-order valence-electron chi connectivity index (χ2n) is 4.20. The molecule has 3 nitrogen and oxygen atoms in total. The van der Waals surface area contributed by atoms with Gasteiger partial charge >= 0.3 is 0 Å². The zero-order valence-electron chi connectivity index (χ0n) is 9.96. The Labute approximate surface area is 95.7 Å². The van der Waals surface area contributed by atoms with Gasteiger partial charge in [-0.25, -0.2) is 0 Å². The molecule has 0 fully saturated rings. The highest BCUT2D eigenvalue weighted by atomic mass is 15.1. The molecule has 84 valence electrons. The van der Waals surface area contributed by atoms with Gasteiger partial charge in [-0.15, -0.1) is 0 Å². The monoisotopic (exact) mass is 215 g/mol. The highest BCUT2D eigenvalue weighted by Crippen LogP contribution is 2.26. The van der Waals surface area contributed by atoms with Gasteiger partial charge in [-0.1, -0.05) is 23.8 Å². The smallest absolute Gasteiger partial charge is 0.0955 e. The van der Waals surface area contributed by atoms with Crippen LogP contribution in [-0.2, 0) is 6.54 Å². The minimum Gasteiger partial charge on any atom is -0.325 e. The maximum atomic E-state index is 5.63. The molecule has 0 spiro atoms. The van der Waals surface area contributed by atoms with Crippen LogP contribution in [0.2, 0.25) is 0 Å². The molecule has 0 unspecified atom stereocenters. The molecule has 0 saturated carbocycles. The van der Waals surface area contributed by atoms with Crippen molar-refractivity contribution in [2.45, 2.75) is 27.3 Å². The molecule has 0 atom stereocenters. The summed E-state index contributed by atoms with van der Waals surface area (Å²) in [5.41, 5.74) is 12.5. The van der Waals surface area contributed by atoms with Crippen molar-refractivity contribution >= 4 is 0 Å². The Morgan fingerprint density at radius 2 is 2.00 bits per heavy atom. The molecule has 1 aromatic heterocycles. The van der Waals surface area contributed by atoms with Crippen LogP contribution >= 0.6 is 0 Å². The third-order valence-electron chi connectivity index (χ3n) is 2.95. The molecule has 0 radical (unpaired) electrons. The molecule has 1 aromatic carbocycles. The van der Waals surface area contributed by atoms with Crippen molar-refractivity contribution in [2.75, 3.05) is 0 Å². The zero-order chi connectivity index (χ0) is 11.7. The summed E-state index contributed by atoms with van der Waals surface area (Å²) < 4.78 is 0. The van der Waals surface area contributed by atoms with E-state index in [-0.39, 0.29) is 0 Å². The van der Waals surface area contributed by atoms with Gasteiger partial charge in [0.15, 0.2) is 0 Å². The van der Waals surface area contributed by atoms with Crippen molar-refractivity contribution in [1.82, 2.24) is 10.2 Å². The highest BCUT2D eigenvalue weighted by molar-refractivity contribution is 5.67. The van der Waals surface area contributed by atoms with E-state index in [0.29, 0.717) is 6.54 Å². The fourth-order valence-electron chi connectivity index (χ4n) is 1.97. The minimum atomic E-state index is 0.504. The van der Waals surface area contributed by atoms with Gasteiger partial charge in [-0.3, -0.25) is 5.10 Å². The van der Waals surface area contributed by atoms with Gasteiger partial charge in [0, 0.05) is 12.1 Å². The second-order valence-corrected chi connectivity index (χ2v) is 4.20. The molecule has 1 heterocycles. The van der Waals surface area contributed by atoms with Crippen molar-refractivity contribution in [2.24, 2.45) is 5.73 Å². The lowest BCUT2D eigenvalue weighted by Gasteiger charge is -2.05. The van der Waals surface area contributed by atoms with E-state index >= 15 is 0 Å². The Hall–Kier alpha value is -1.61. The molecular formula is C13H17N3. The van der Waals surface area contributed by atoms with Gasteiger partial charge in [0.25, 0.3) is 0 Å². The fraction of sp³-hybridized carbons (Fsp3) is 0.308. The van der Waals surface area contributed by atoms with E-state index in [9.17, 15) is 0 Å². The van der Waals surface area contributed by atoms with Crippen molar-refractivity contribution in [3.05, 3.63) is 40.6 Å². The number of H-pyrrole nitrogens is 1. The van der Waals surface area contributed by atoms with E-state index < -0.39 is 0 Å². The topological polar surface area (TPSA) is 54.7 Å². The van der Waals surface area contributed by atoms with Crippen LogP contribution in [0.4, 0.5) is 0 Å². The number of nitrogens with one attached hydrogen (secondary N) is 1. The van der Waals surface area contributed by atoms with Crippen LogP contribution in [0.15, 0.2) is 18.2 Å². The molecule has 3 N–H and O–H groups in total. The fourth-order valence-corrected chi connectivity index (χ4v) is 1.97. The number of aromatic nitrogens is 2. The van der Waals surface area contributed by atoms with E-state index in [1.165, 1.54) is 16.7 Å². The molecule has 2 aromatic rings. The third kappa shape index (κ3) is 1.74. The molecule has 0 amide bonds. The Balaban J connectivity index is 2.54. The lowest BCUT2D eigenvalue weighted by Crippen LogP contribution is -1.98. The van der Waals surface area contributed by atoms with E-state index in [0.717, 1.165) is 17.0 Å². The van der Waals surface area contributed by atoms with Crippen molar-refractivity contribution in [3.8, 4) is 11.3 Å². The van der Waals surface area contributed by atoms with E-state index in [2.05, 4.69) is 49.2 Å². The van der Waals surface area contributed by atoms with Gasteiger partial charge in [-0.2, -0.15) is 5.10 Å². The Bertz CT molecular complexity index is 512. The SMILES string of the molecule is Cc1ccc(-c2n[nH]c(CN)c2C)c(C)c1. The third-order valence-corrected chi connectivity index (χ3v) is 2.95. The Morgan fingerprint density at radius 3 is 2.56 bits per heavy atom. The number of hydrogen-bond acceptors (Lipinski definition) is 2. The average Bonchev–Trinajstić information content (AvgIpc) is 2.60. The van der Waals surface area contributed by atoms with Gasteiger partial charge < -0.3 is 5.73 Å². The average molecular weight is 215 g/mol. The van der Waals surface area contributed by atoms with Crippen molar-refractivity contribution < 1.29 is 0 Å². The maximum Gasteiger partial charge on any atom is 0.0955 e. The molecule has 0 aliphatic carbocycles. The van der Waals surface area contributed by atoms with Gasteiger partial charge in [0.05, 0.1) is 11.4 Å². The summed E-state index contributed by atoms with van der Waals surface area (Å²) in [6, 6.07) is 6.40. The lowest BCUT2D eigenvalue weighted by molar-refractivity contribution is 0.941. The molecule has 16 heavy (non-hydrogen) atoms. The highest BCUT2D eigenvalue weighted by Gasteiger charge is 2.11. The van der Waals surface area contributed by atoms with Crippen LogP contribution in [0.3, 0.4) is 0 Å². The molecule has 3 heteroatoms. The minimum absolute atomic E-state index is 0.504. The summed E-state index contributed by atoms with van der Waals surface area (Å²) in [6.45, 7) is 6.77. The first kappa shape index (κ1) is 10.9. The van der Waals surface area contributed by atoms with E-state index in [1.54, 1.807) is 0 Å². The number of aromatic amines is 1. The first-order valence-corrected chi connectivity index (χ1v) is 5.45. The van der Waals surface area contributed by atoms with Crippen LogP contribution < -0.4 is 5.73 Å². The van der Waals surface area contributed by atoms with Gasteiger partial charge in [0.2, 0.25) is 0 Å². The van der Waals surface area contributed by atoms with Crippen LogP contribution in [0.25, 0.3) is 11.3 Å². The predicted molar refractivity (Wildman–Crippen MR) is 66.1 cm³/mol. The van der Waals surface area contributed by atoms with Crippen molar-refractivity contribution in [3.63, 3.8) is 0 Å². The zero-order valence-corrected chi connectivity index (χ0v) is 9.96. The van der Waals surface area contributed by atoms with Crippen molar-refractivity contribution in [1.29, 1.82) is 0 Å². The standard InChI is InChI=1S/C13H17N3/c1-8-4-5-11(9(2)6-8)13-10(3)12(7-14)15-16-13/h4-6H,7,14H2,1-3H3,(H,15,16). The van der Waals surface area contributed by atoms with E-state index in [4.69, 9.17) is 5.73 Å². The van der Waals surface area contributed by atoms with E-state index in [1.807, 2.05) is 0 Å². The van der Waals surface area contributed by atoms with Crippen LogP contribution in [-0.4, -0.2) is 10.2 Å². The quantitative estimate of drug-likeness (QED) is 0.808. The number of nitrogens with two attached hydrogens (primary N) is 1. The maximum absolute atomic E-state index is 5.63. The number of rotatable bonds is 2. The number of nitrogens with zero attached hydrogens (tertiary/aromatic N) is 1. The Kier molecular flexibility index (Phi) is 2.79. The Morgan fingerprint density at radius 1 is 1.25 bits per heavy atom. The van der Waals surface area contributed by atoms with Gasteiger partial charge in [-0.05, 0) is 31.9 Å². The first-order chi connectivity index (χ1) is 7.63. The van der Waals surface area contributed by atoms with Crippen LogP contribution in [0.5, 0.6) is 0 Å². The largest absolute Gasteiger partial charge is 0.325 e. The summed E-state index contributed by atoms with van der Waals surface area (Å²) in [4.78, 5) is 0. The number of benzene rings is 1. The van der Waals surface area contributed by atoms with Crippen LogP contribution in [0.1, 0.15) is 22.4 Å². The molecule has 0 bridgehead atoms. The molecule has 0 aliphatic rings. The predicted octanol–water partition coefficient (Wildman–Crippen LogP) is 2.46. The lowest BCUT2D eigenvalue weighted by atomic mass is 10.0. The molecule has 2 rings (SSSR count). The normalized spacial score (nSPS) is 10.8. The number of hydrogen-bond donors (Lipinski definition) is 2. The first-order valence-electron chi connectivity index (χ1n) is 5.45. The summed E-state index contributed by atoms with van der Waals surface area (Å²) in [7, 11) is 0. The molecule has 0 aliphatic heterocycles. The number of aryl methyl sites for hydroxylation is 2. The summed E-state index contributed by atoms with van der Waals surface area (Å²) in [5, 5.41) is 7.33. The second kappa shape index (κ2) is 4.10. The van der Waals surface area contributed by atoms with Crippen LogP contribution in [0, 0.1) is 20.8 Å².